The zero-order valence-electron chi connectivity index (χ0n) is 10.3. The molecule has 0 saturated heterocycles. The maximum absolute atomic E-state index is 6.14. The van der Waals surface area contributed by atoms with E-state index >= 15 is 0 Å². The molecular formula is C14H20ClN. The average Bonchev–Trinajstić information content (AvgIpc) is 2.26. The van der Waals surface area contributed by atoms with Gasteiger partial charge in [-0.15, -0.1) is 0 Å². The van der Waals surface area contributed by atoms with E-state index in [0.29, 0.717) is 5.92 Å². The van der Waals surface area contributed by atoms with Gasteiger partial charge in [0.05, 0.1) is 0 Å². The lowest BCUT2D eigenvalue weighted by Crippen LogP contribution is -2.18. The first-order valence-corrected chi connectivity index (χ1v) is 6.18. The van der Waals surface area contributed by atoms with Crippen LogP contribution in [-0.4, -0.2) is 13.1 Å². The first-order chi connectivity index (χ1) is 7.65. The average molecular weight is 238 g/mol. The Kier molecular flexibility index (Phi) is 5.58. The largest absolute Gasteiger partial charge is 0.313 e. The van der Waals surface area contributed by atoms with Gasteiger partial charge in [-0.05, 0) is 24.1 Å². The molecule has 1 aromatic carbocycles. The van der Waals surface area contributed by atoms with Crippen molar-refractivity contribution in [3.63, 3.8) is 0 Å². The highest BCUT2D eigenvalue weighted by Gasteiger charge is 2.04. The van der Waals surface area contributed by atoms with Crippen molar-refractivity contribution in [1.29, 1.82) is 0 Å². The Hall–Kier alpha value is -0.790. The summed E-state index contributed by atoms with van der Waals surface area (Å²) in [6.45, 7) is 8.46. The van der Waals surface area contributed by atoms with Gasteiger partial charge < -0.3 is 5.32 Å². The summed E-state index contributed by atoms with van der Waals surface area (Å²) in [6.07, 6.45) is 2.19. The van der Waals surface area contributed by atoms with Gasteiger partial charge >= 0.3 is 0 Å². The second-order valence-corrected chi connectivity index (χ2v) is 4.58. The van der Waals surface area contributed by atoms with Gasteiger partial charge in [0.1, 0.15) is 0 Å². The SMILES string of the molecule is CCNCC(=Cc1ccccc1Cl)C(C)C. The molecule has 0 unspecified atom stereocenters. The molecule has 0 fully saturated rings. The molecule has 0 spiro atoms. The van der Waals surface area contributed by atoms with Crippen LogP contribution in [0.1, 0.15) is 26.3 Å². The molecule has 0 aliphatic heterocycles. The van der Waals surface area contributed by atoms with Crippen LogP contribution in [0.5, 0.6) is 0 Å². The summed E-state index contributed by atoms with van der Waals surface area (Å²) < 4.78 is 0. The van der Waals surface area contributed by atoms with Crippen LogP contribution in [-0.2, 0) is 0 Å². The molecule has 0 saturated carbocycles. The Balaban J connectivity index is 2.89. The topological polar surface area (TPSA) is 12.0 Å². The van der Waals surface area contributed by atoms with Gasteiger partial charge in [0, 0.05) is 11.6 Å². The van der Waals surface area contributed by atoms with E-state index in [0.717, 1.165) is 23.7 Å². The molecule has 2 heteroatoms. The van der Waals surface area contributed by atoms with Gasteiger partial charge in [-0.25, -0.2) is 0 Å². The third-order valence-corrected chi connectivity index (χ3v) is 2.91. The van der Waals surface area contributed by atoms with Gasteiger partial charge in [-0.1, -0.05) is 62.2 Å². The first kappa shape index (κ1) is 13.3. The van der Waals surface area contributed by atoms with Crippen LogP contribution in [0.25, 0.3) is 6.08 Å². The van der Waals surface area contributed by atoms with E-state index in [1.807, 2.05) is 18.2 Å². The van der Waals surface area contributed by atoms with E-state index in [1.165, 1.54) is 5.57 Å². The van der Waals surface area contributed by atoms with Crippen molar-refractivity contribution in [2.45, 2.75) is 20.8 Å². The Morgan fingerprint density at radius 2 is 2.06 bits per heavy atom. The summed E-state index contributed by atoms with van der Waals surface area (Å²) in [5.74, 6) is 0.537. The van der Waals surface area contributed by atoms with Gasteiger partial charge in [0.25, 0.3) is 0 Å². The van der Waals surface area contributed by atoms with Crippen LogP contribution in [0.3, 0.4) is 0 Å². The second kappa shape index (κ2) is 6.72. The van der Waals surface area contributed by atoms with E-state index < -0.39 is 0 Å². The van der Waals surface area contributed by atoms with Crippen LogP contribution >= 0.6 is 11.6 Å². The maximum Gasteiger partial charge on any atom is 0.0478 e. The number of likely N-dealkylation sites (N-methyl/N-ethyl adjacent to an activating group) is 1. The molecule has 88 valence electrons. The van der Waals surface area contributed by atoms with Gasteiger partial charge in [0.2, 0.25) is 0 Å². The minimum absolute atomic E-state index is 0.537. The highest BCUT2D eigenvalue weighted by molar-refractivity contribution is 6.32. The third kappa shape index (κ3) is 3.99. The summed E-state index contributed by atoms with van der Waals surface area (Å²) in [7, 11) is 0. The smallest absolute Gasteiger partial charge is 0.0478 e. The van der Waals surface area contributed by atoms with E-state index in [1.54, 1.807) is 0 Å². The lowest BCUT2D eigenvalue weighted by Gasteiger charge is -2.12. The molecule has 1 aromatic rings. The molecule has 0 radical (unpaired) electrons. The fourth-order valence-corrected chi connectivity index (χ4v) is 1.67. The van der Waals surface area contributed by atoms with Crippen molar-refractivity contribution < 1.29 is 0 Å². The summed E-state index contributed by atoms with van der Waals surface area (Å²) in [4.78, 5) is 0. The van der Waals surface area contributed by atoms with E-state index in [9.17, 15) is 0 Å². The minimum atomic E-state index is 0.537. The molecule has 0 bridgehead atoms. The van der Waals surface area contributed by atoms with Crippen LogP contribution in [0.15, 0.2) is 29.8 Å². The Morgan fingerprint density at radius 3 is 2.62 bits per heavy atom. The van der Waals surface area contributed by atoms with Crippen LogP contribution in [0.2, 0.25) is 5.02 Å². The van der Waals surface area contributed by atoms with Crippen LogP contribution in [0, 0.1) is 5.92 Å². The van der Waals surface area contributed by atoms with Crippen LogP contribution in [0.4, 0.5) is 0 Å². The summed E-state index contributed by atoms with van der Waals surface area (Å²) >= 11 is 6.14. The van der Waals surface area contributed by atoms with Crippen molar-refractivity contribution in [1.82, 2.24) is 5.32 Å². The fraction of sp³-hybridized carbons (Fsp3) is 0.429. The van der Waals surface area contributed by atoms with Crippen molar-refractivity contribution in [3.05, 3.63) is 40.4 Å². The second-order valence-electron chi connectivity index (χ2n) is 4.18. The highest BCUT2D eigenvalue weighted by Crippen LogP contribution is 2.20. The molecular weight excluding hydrogens is 218 g/mol. The molecule has 1 N–H and O–H groups in total. The fourth-order valence-electron chi connectivity index (χ4n) is 1.48. The third-order valence-electron chi connectivity index (χ3n) is 2.57. The summed E-state index contributed by atoms with van der Waals surface area (Å²) in [5.41, 5.74) is 2.49. The summed E-state index contributed by atoms with van der Waals surface area (Å²) in [5, 5.41) is 4.17. The molecule has 16 heavy (non-hydrogen) atoms. The van der Waals surface area contributed by atoms with E-state index in [4.69, 9.17) is 11.6 Å². The maximum atomic E-state index is 6.14. The van der Waals surface area contributed by atoms with Gasteiger partial charge in [-0.3, -0.25) is 0 Å². The first-order valence-electron chi connectivity index (χ1n) is 5.80. The van der Waals surface area contributed by atoms with Crippen molar-refractivity contribution in [2.75, 3.05) is 13.1 Å². The van der Waals surface area contributed by atoms with E-state index in [-0.39, 0.29) is 0 Å². The molecule has 0 aromatic heterocycles. The predicted octanol–water partition coefficient (Wildman–Crippen LogP) is 3.99. The van der Waals surface area contributed by atoms with Crippen molar-refractivity contribution in [2.24, 2.45) is 5.92 Å². The molecule has 1 rings (SSSR count). The van der Waals surface area contributed by atoms with Crippen LogP contribution < -0.4 is 5.32 Å². The Morgan fingerprint density at radius 1 is 1.38 bits per heavy atom. The quantitative estimate of drug-likeness (QED) is 0.817. The van der Waals surface area contributed by atoms with Gasteiger partial charge in [-0.2, -0.15) is 0 Å². The predicted molar refractivity (Wildman–Crippen MR) is 72.8 cm³/mol. The van der Waals surface area contributed by atoms with Crippen molar-refractivity contribution >= 4 is 17.7 Å². The number of halogens is 1. The molecule has 0 amide bonds. The molecule has 0 atom stereocenters. The minimum Gasteiger partial charge on any atom is -0.313 e. The number of nitrogens with one attached hydrogen (secondary N) is 1. The molecule has 0 heterocycles. The van der Waals surface area contributed by atoms with Crippen molar-refractivity contribution in [3.8, 4) is 0 Å². The number of hydrogen-bond acceptors (Lipinski definition) is 1. The summed E-state index contributed by atoms with van der Waals surface area (Å²) in [6, 6.07) is 7.96. The standard InChI is InChI=1S/C14H20ClN/c1-4-16-10-13(11(2)3)9-12-7-5-6-8-14(12)15/h5-9,11,16H,4,10H2,1-3H3. The lowest BCUT2D eigenvalue weighted by molar-refractivity contribution is 0.682. The molecule has 1 nitrogen and oxygen atoms in total. The normalized spacial score (nSPS) is 12.2. The molecule has 0 aliphatic carbocycles. The monoisotopic (exact) mass is 237 g/mol. The van der Waals surface area contributed by atoms with E-state index in [2.05, 4.69) is 38.2 Å². The molecule has 0 aliphatic rings. The Bertz CT molecular complexity index is 356. The lowest BCUT2D eigenvalue weighted by atomic mass is 10.0. The zero-order chi connectivity index (χ0) is 12.0. The Labute approximate surface area is 104 Å². The van der Waals surface area contributed by atoms with Gasteiger partial charge in [0.15, 0.2) is 0 Å². The number of hydrogen-bond donors (Lipinski definition) is 1. The zero-order valence-corrected chi connectivity index (χ0v) is 11.0. The number of rotatable bonds is 5. The highest BCUT2D eigenvalue weighted by atomic mass is 35.5. The number of benzene rings is 1.